The molecule has 0 radical (unpaired) electrons. The van der Waals surface area contributed by atoms with E-state index in [0.717, 1.165) is 31.2 Å². The summed E-state index contributed by atoms with van der Waals surface area (Å²) in [5, 5.41) is 18.5. The number of carboxylic acids is 1. The molecule has 2 N–H and O–H groups in total. The van der Waals surface area contributed by atoms with Crippen molar-refractivity contribution in [2.75, 3.05) is 13.2 Å². The van der Waals surface area contributed by atoms with Gasteiger partial charge >= 0.3 is 11.9 Å². The van der Waals surface area contributed by atoms with Crippen LogP contribution in [0.1, 0.15) is 128 Å². The standard InChI is InChI=1S/C33H52O6/c34-27-33(28-38-26-29-21-17-16-18-22-29)25-30(32(37)39-33)23-19-14-12-10-8-6-4-2-1-3-5-7-9-11-13-15-20-24-31(35)36/h16-18,21-23,34H,1-15,19-20,24-28H2,(H,35,36)/b30-23+. The number of aliphatic hydroxyl groups excluding tert-OH is 1. The van der Waals surface area contributed by atoms with Crippen LogP contribution in [0.15, 0.2) is 42.0 Å². The molecule has 220 valence electrons. The summed E-state index contributed by atoms with van der Waals surface area (Å²) in [5.74, 6) is -0.994. The number of aliphatic hydroxyl groups is 1. The molecule has 2 rings (SSSR count). The topological polar surface area (TPSA) is 93.1 Å². The molecule has 1 atom stereocenters. The van der Waals surface area contributed by atoms with Gasteiger partial charge in [0.2, 0.25) is 0 Å². The van der Waals surface area contributed by atoms with E-state index in [9.17, 15) is 14.7 Å². The van der Waals surface area contributed by atoms with Crippen LogP contribution >= 0.6 is 0 Å². The summed E-state index contributed by atoms with van der Waals surface area (Å²) in [6.45, 7) is 0.390. The number of carbonyl (C=O) groups is 2. The highest BCUT2D eigenvalue weighted by atomic mass is 16.6. The van der Waals surface area contributed by atoms with E-state index >= 15 is 0 Å². The Morgan fingerprint density at radius 2 is 1.33 bits per heavy atom. The first-order valence-corrected chi connectivity index (χ1v) is 15.4. The summed E-state index contributed by atoms with van der Waals surface area (Å²) >= 11 is 0. The number of hydrogen-bond donors (Lipinski definition) is 2. The van der Waals surface area contributed by atoms with Crippen LogP contribution in [-0.4, -0.2) is 41.0 Å². The fourth-order valence-corrected chi connectivity index (χ4v) is 5.19. The Hall–Kier alpha value is -2.18. The van der Waals surface area contributed by atoms with Gasteiger partial charge in [-0.05, 0) is 24.8 Å². The number of aliphatic carboxylic acids is 1. The Balaban J connectivity index is 1.40. The van der Waals surface area contributed by atoms with Gasteiger partial charge in [0.1, 0.15) is 0 Å². The zero-order valence-corrected chi connectivity index (χ0v) is 24.0. The summed E-state index contributed by atoms with van der Waals surface area (Å²) in [7, 11) is 0. The van der Waals surface area contributed by atoms with Crippen molar-refractivity contribution in [2.45, 2.75) is 134 Å². The van der Waals surface area contributed by atoms with Crippen LogP contribution < -0.4 is 0 Å². The zero-order valence-electron chi connectivity index (χ0n) is 24.0. The molecular formula is C33H52O6. The van der Waals surface area contributed by atoms with Gasteiger partial charge in [-0.15, -0.1) is 0 Å². The van der Waals surface area contributed by atoms with Crippen molar-refractivity contribution in [3.8, 4) is 0 Å². The van der Waals surface area contributed by atoms with Crippen molar-refractivity contribution >= 4 is 11.9 Å². The van der Waals surface area contributed by atoms with E-state index in [1.54, 1.807) is 0 Å². The molecule has 1 heterocycles. The van der Waals surface area contributed by atoms with Gasteiger partial charge in [0.15, 0.2) is 5.60 Å². The van der Waals surface area contributed by atoms with Crippen LogP contribution in [-0.2, 0) is 25.7 Å². The monoisotopic (exact) mass is 544 g/mol. The summed E-state index contributed by atoms with van der Waals surface area (Å²) in [6, 6.07) is 9.85. The van der Waals surface area contributed by atoms with Crippen LogP contribution in [0, 0.1) is 0 Å². The molecule has 1 aromatic rings. The number of cyclic esters (lactones) is 1. The van der Waals surface area contributed by atoms with Gasteiger partial charge in [-0.2, -0.15) is 0 Å². The second-order valence-corrected chi connectivity index (χ2v) is 11.2. The van der Waals surface area contributed by atoms with Crippen LogP contribution in [0.3, 0.4) is 0 Å². The molecule has 39 heavy (non-hydrogen) atoms. The quantitative estimate of drug-likeness (QED) is 0.0780. The zero-order chi connectivity index (χ0) is 28.0. The van der Waals surface area contributed by atoms with E-state index in [1.807, 2.05) is 36.4 Å². The van der Waals surface area contributed by atoms with Crippen molar-refractivity contribution in [1.82, 2.24) is 0 Å². The third-order valence-corrected chi connectivity index (χ3v) is 7.58. The van der Waals surface area contributed by atoms with Crippen LogP contribution in [0.25, 0.3) is 0 Å². The average Bonchev–Trinajstić information content (AvgIpc) is 3.25. The minimum Gasteiger partial charge on any atom is -0.481 e. The molecule has 0 aromatic heterocycles. The number of esters is 1. The second kappa shape index (κ2) is 20.7. The maximum atomic E-state index is 12.3. The summed E-state index contributed by atoms with van der Waals surface area (Å²) < 4.78 is 11.3. The molecule has 0 bridgehead atoms. The van der Waals surface area contributed by atoms with E-state index in [0.29, 0.717) is 25.0 Å². The predicted octanol–water partition coefficient (Wildman–Crippen LogP) is 7.91. The second-order valence-electron chi connectivity index (χ2n) is 11.2. The minimum absolute atomic E-state index is 0.194. The largest absolute Gasteiger partial charge is 0.481 e. The van der Waals surface area contributed by atoms with Gasteiger partial charge in [0, 0.05) is 18.4 Å². The van der Waals surface area contributed by atoms with Gasteiger partial charge in [0.25, 0.3) is 0 Å². The minimum atomic E-state index is -0.956. The lowest BCUT2D eigenvalue weighted by Gasteiger charge is -2.24. The molecule has 0 aliphatic carbocycles. The molecule has 1 aliphatic rings. The number of hydrogen-bond acceptors (Lipinski definition) is 5. The maximum absolute atomic E-state index is 12.3. The van der Waals surface area contributed by atoms with E-state index in [4.69, 9.17) is 14.6 Å². The van der Waals surface area contributed by atoms with E-state index < -0.39 is 11.6 Å². The maximum Gasteiger partial charge on any atom is 0.334 e. The average molecular weight is 545 g/mol. The molecule has 1 saturated heterocycles. The summed E-state index contributed by atoms with van der Waals surface area (Å²) in [5.41, 5.74) is 0.766. The molecular weight excluding hydrogens is 492 g/mol. The number of carbonyl (C=O) groups excluding carboxylic acids is 1. The number of ether oxygens (including phenoxy) is 2. The summed E-state index contributed by atoms with van der Waals surface area (Å²) in [6.07, 6.45) is 23.3. The molecule has 1 aliphatic heterocycles. The number of allylic oxidation sites excluding steroid dienone is 1. The summed E-state index contributed by atoms with van der Waals surface area (Å²) in [4.78, 5) is 22.8. The third-order valence-electron chi connectivity index (χ3n) is 7.58. The Labute approximate surface area is 236 Å². The third kappa shape index (κ3) is 15.3. The molecule has 0 saturated carbocycles. The first-order valence-electron chi connectivity index (χ1n) is 15.4. The highest BCUT2D eigenvalue weighted by Gasteiger charge is 2.43. The Bertz CT molecular complexity index is 821. The van der Waals surface area contributed by atoms with Crippen molar-refractivity contribution in [3.05, 3.63) is 47.5 Å². The van der Waals surface area contributed by atoms with Crippen LogP contribution in [0.4, 0.5) is 0 Å². The predicted molar refractivity (Wildman–Crippen MR) is 155 cm³/mol. The first-order chi connectivity index (χ1) is 19.0. The van der Waals surface area contributed by atoms with Crippen LogP contribution in [0.2, 0.25) is 0 Å². The number of rotatable bonds is 24. The molecule has 1 fully saturated rings. The van der Waals surface area contributed by atoms with Crippen molar-refractivity contribution in [2.24, 2.45) is 0 Å². The Morgan fingerprint density at radius 3 is 1.85 bits per heavy atom. The van der Waals surface area contributed by atoms with Gasteiger partial charge in [-0.1, -0.05) is 126 Å². The lowest BCUT2D eigenvalue weighted by Crippen LogP contribution is -2.38. The van der Waals surface area contributed by atoms with Gasteiger partial charge < -0.3 is 19.7 Å². The normalized spacial score (nSPS) is 18.1. The number of unbranched alkanes of at least 4 members (excludes halogenated alkanes) is 16. The molecule has 1 unspecified atom stereocenters. The van der Waals surface area contributed by atoms with E-state index in [-0.39, 0.29) is 19.2 Å². The van der Waals surface area contributed by atoms with Gasteiger partial charge in [0.05, 0.1) is 19.8 Å². The number of carboxylic acid groups (broad SMARTS) is 1. The molecule has 6 heteroatoms. The number of benzene rings is 1. The molecule has 1 aromatic carbocycles. The van der Waals surface area contributed by atoms with Gasteiger partial charge in [-0.3, -0.25) is 4.79 Å². The van der Waals surface area contributed by atoms with Gasteiger partial charge in [-0.25, -0.2) is 4.79 Å². The molecule has 6 nitrogen and oxygen atoms in total. The van der Waals surface area contributed by atoms with Crippen molar-refractivity contribution in [1.29, 1.82) is 0 Å². The lowest BCUT2D eigenvalue weighted by molar-refractivity contribution is -0.157. The SMILES string of the molecule is O=C(O)CCCCCCCCCCCCCCCCCC/C=C1\CC(CO)(COCc2ccccc2)OC1=O. The van der Waals surface area contributed by atoms with Crippen molar-refractivity contribution < 1.29 is 29.3 Å². The fraction of sp³-hybridized carbons (Fsp3) is 0.697. The molecule has 0 spiro atoms. The van der Waals surface area contributed by atoms with Crippen molar-refractivity contribution in [3.63, 3.8) is 0 Å². The first kappa shape index (κ1) is 33.0. The smallest absolute Gasteiger partial charge is 0.334 e. The highest BCUT2D eigenvalue weighted by molar-refractivity contribution is 5.91. The fourth-order valence-electron chi connectivity index (χ4n) is 5.19. The van der Waals surface area contributed by atoms with E-state index in [2.05, 4.69) is 0 Å². The van der Waals surface area contributed by atoms with E-state index in [1.165, 1.54) is 83.5 Å². The highest BCUT2D eigenvalue weighted by Crippen LogP contribution is 2.32. The van der Waals surface area contributed by atoms with Crippen LogP contribution in [0.5, 0.6) is 0 Å². The lowest BCUT2D eigenvalue weighted by atomic mass is 9.98. The molecule has 0 amide bonds. The Kier molecular flexibility index (Phi) is 17.5. The Morgan fingerprint density at radius 1 is 0.821 bits per heavy atom.